The number of hydrogen-bond donors (Lipinski definition) is 6. The maximum Gasteiger partial charge on any atom is 0.265 e. The Kier molecular flexibility index (Phi) is 19.0. The number of allylic oxidation sites excluding steroid dienone is 12. The molecule has 12 nitrogen and oxygen atoms in total. The summed E-state index contributed by atoms with van der Waals surface area (Å²) in [5, 5.41) is 56.8. The van der Waals surface area contributed by atoms with Gasteiger partial charge in [0.25, 0.3) is 5.56 Å². The highest BCUT2D eigenvalue weighted by Crippen LogP contribution is 2.44. The summed E-state index contributed by atoms with van der Waals surface area (Å²) >= 11 is 0. The molecule has 2 heterocycles. The zero-order valence-corrected chi connectivity index (χ0v) is 34.1. The second kappa shape index (κ2) is 22.3. The number of methoxy groups -OCH3 is 1. The first-order valence-corrected chi connectivity index (χ1v) is 18.9. The van der Waals surface area contributed by atoms with E-state index in [0.717, 1.165) is 5.57 Å². The van der Waals surface area contributed by atoms with Crippen molar-refractivity contribution in [3.8, 4) is 5.75 Å². The van der Waals surface area contributed by atoms with E-state index in [1.807, 2.05) is 39.8 Å². The Bertz CT molecular complexity index is 1780. The first-order chi connectivity index (χ1) is 26.4. The molecule has 0 spiro atoms. The number of pyridine rings is 1. The molecule has 1 aliphatic heterocycles. The first-order valence-electron chi connectivity index (χ1n) is 18.9. The van der Waals surface area contributed by atoms with E-state index < -0.39 is 70.8 Å². The average molecular weight is 779 g/mol. The fraction of sp³-hybridized carbons (Fsp3) is 0.477. The van der Waals surface area contributed by atoms with Gasteiger partial charge in [-0.1, -0.05) is 113 Å². The topological polar surface area (TPSA) is 188 Å². The number of nitrogens with zero attached hydrogens (tertiary/aromatic N) is 1. The molecular weight excluding hydrogens is 716 g/mol. The number of nitrogens with one attached hydrogen (secondary N) is 1. The fourth-order valence-corrected chi connectivity index (χ4v) is 6.41. The van der Waals surface area contributed by atoms with Gasteiger partial charge >= 0.3 is 0 Å². The molecule has 0 saturated carbocycles. The number of ether oxygens (including phenoxy) is 2. The molecule has 8 atom stereocenters. The highest BCUT2D eigenvalue weighted by atomic mass is 16.6. The molecule has 1 aliphatic rings. The van der Waals surface area contributed by atoms with Crippen molar-refractivity contribution in [1.29, 1.82) is 0 Å². The number of ketones is 1. The normalized spacial score (nSPS) is 23.8. The zero-order valence-electron chi connectivity index (χ0n) is 34.1. The monoisotopic (exact) mass is 778 g/mol. The third-order valence-electron chi connectivity index (χ3n) is 10.2. The molecule has 2 rings (SSSR count). The average Bonchev–Trinajstić information content (AvgIpc) is 3.14. The fourth-order valence-electron chi connectivity index (χ4n) is 6.41. The van der Waals surface area contributed by atoms with Crippen LogP contribution in [0, 0.1) is 17.3 Å². The Morgan fingerprint density at radius 1 is 1.07 bits per heavy atom. The standard InChI is InChI=1S/C44H62N2O10/c1-10-12-16-24-36-43(6,7)35(49)28-44(54,56-36)32(11-2)41(52)45-26-20-19-22-30(4)40(55-9)31(5)39(51)34(48)23-18-15-13-14-17-21-29(3)38(50)37-33(47)25-27-46(8)42(37)53/h10,12-25,27,31-32,34-36,39-40,47-49,51,54H,11,26,28H2,1-9H3,(H,45,52)/t31-,32+,34-,35+,36-,39-,40+,44-/m0/s1. The summed E-state index contributed by atoms with van der Waals surface area (Å²) in [6.07, 6.45) is 20.8. The predicted molar refractivity (Wildman–Crippen MR) is 219 cm³/mol. The minimum Gasteiger partial charge on any atom is -0.507 e. The van der Waals surface area contributed by atoms with Crippen LogP contribution in [0.1, 0.15) is 71.7 Å². The molecule has 1 amide bonds. The van der Waals surface area contributed by atoms with Gasteiger partial charge in [-0.25, -0.2) is 0 Å². The molecule has 0 radical (unpaired) electrons. The van der Waals surface area contributed by atoms with Crippen molar-refractivity contribution >= 4 is 11.7 Å². The van der Waals surface area contributed by atoms with Gasteiger partial charge in [-0.05, 0) is 44.4 Å². The number of Topliss-reactive ketones (excluding diaryl/α,β-unsaturated/α-hetero) is 1. The van der Waals surface area contributed by atoms with Gasteiger partial charge in [0, 0.05) is 44.7 Å². The summed E-state index contributed by atoms with van der Waals surface area (Å²) in [7, 11) is 3.01. The largest absolute Gasteiger partial charge is 0.507 e. The van der Waals surface area contributed by atoms with Gasteiger partial charge in [-0.3, -0.25) is 14.4 Å². The molecular formula is C44H62N2O10. The SMILES string of the molecule is CC=CC=C[C@@H]1O[C@](O)([C@H](CC)C(=O)NCC=CC=C(C)[C@@H](OC)[C@@H](C)[C@H](O)[C@@H](O)C=CC=CC=CC=C(C)C(=O)c2c(O)ccn(C)c2=O)C[C@@H](O)C1(C)C. The van der Waals surface area contributed by atoms with E-state index in [9.17, 15) is 39.9 Å². The molecule has 1 aromatic heterocycles. The zero-order chi connectivity index (χ0) is 42.2. The molecule has 56 heavy (non-hydrogen) atoms. The molecule has 1 aromatic rings. The van der Waals surface area contributed by atoms with E-state index in [2.05, 4.69) is 5.32 Å². The van der Waals surface area contributed by atoms with Crippen molar-refractivity contribution in [1.82, 2.24) is 9.88 Å². The predicted octanol–water partition coefficient (Wildman–Crippen LogP) is 4.90. The van der Waals surface area contributed by atoms with Gasteiger partial charge in [0.15, 0.2) is 11.6 Å². The number of aliphatic hydroxyl groups excluding tert-OH is 3. The van der Waals surface area contributed by atoms with Gasteiger partial charge in [0.2, 0.25) is 5.91 Å². The van der Waals surface area contributed by atoms with Gasteiger partial charge in [-0.15, -0.1) is 0 Å². The lowest BCUT2D eigenvalue weighted by molar-refractivity contribution is -0.314. The maximum atomic E-state index is 13.2. The lowest BCUT2D eigenvalue weighted by Gasteiger charge is -2.50. The van der Waals surface area contributed by atoms with E-state index in [0.29, 0.717) is 6.42 Å². The van der Waals surface area contributed by atoms with Gasteiger partial charge in [0.05, 0.1) is 36.4 Å². The third kappa shape index (κ3) is 12.8. The molecule has 1 fully saturated rings. The van der Waals surface area contributed by atoms with Crippen molar-refractivity contribution in [3.05, 3.63) is 124 Å². The van der Waals surface area contributed by atoms with Crippen LogP contribution in [0.25, 0.3) is 0 Å². The van der Waals surface area contributed by atoms with Crippen molar-refractivity contribution in [2.75, 3.05) is 13.7 Å². The highest BCUT2D eigenvalue weighted by molar-refractivity contribution is 6.09. The summed E-state index contributed by atoms with van der Waals surface area (Å²) in [5.74, 6) is -4.63. The second-order valence-corrected chi connectivity index (χ2v) is 14.7. The molecule has 0 aliphatic carbocycles. The number of aromatic nitrogens is 1. The Morgan fingerprint density at radius 3 is 2.38 bits per heavy atom. The van der Waals surface area contributed by atoms with Crippen LogP contribution >= 0.6 is 0 Å². The number of hydrogen-bond acceptors (Lipinski definition) is 10. The van der Waals surface area contributed by atoms with E-state index in [1.165, 1.54) is 43.1 Å². The van der Waals surface area contributed by atoms with Crippen LogP contribution in [0.15, 0.2) is 113 Å². The van der Waals surface area contributed by atoms with E-state index in [-0.39, 0.29) is 29.9 Å². The highest BCUT2D eigenvalue weighted by Gasteiger charge is 2.54. The minimum atomic E-state index is -1.85. The third-order valence-corrected chi connectivity index (χ3v) is 10.2. The van der Waals surface area contributed by atoms with Crippen molar-refractivity contribution in [2.24, 2.45) is 24.3 Å². The van der Waals surface area contributed by atoms with Crippen LogP contribution in [-0.4, -0.2) is 91.8 Å². The molecule has 1 saturated heterocycles. The van der Waals surface area contributed by atoms with E-state index in [4.69, 9.17) is 9.47 Å². The van der Waals surface area contributed by atoms with Gasteiger partial charge in [0.1, 0.15) is 11.3 Å². The molecule has 0 aromatic carbocycles. The van der Waals surface area contributed by atoms with Crippen molar-refractivity contribution in [3.63, 3.8) is 0 Å². The Balaban J connectivity index is 1.96. The number of carbonyl (C=O) groups excluding carboxylic acids is 2. The van der Waals surface area contributed by atoms with Crippen LogP contribution in [0.2, 0.25) is 0 Å². The van der Waals surface area contributed by atoms with Crippen LogP contribution < -0.4 is 10.9 Å². The Morgan fingerprint density at radius 2 is 1.73 bits per heavy atom. The molecule has 308 valence electrons. The van der Waals surface area contributed by atoms with Gasteiger partial charge in [-0.2, -0.15) is 0 Å². The molecule has 6 N–H and O–H groups in total. The smallest absolute Gasteiger partial charge is 0.265 e. The van der Waals surface area contributed by atoms with Gasteiger partial charge < -0.3 is 44.9 Å². The summed E-state index contributed by atoms with van der Waals surface area (Å²) < 4.78 is 13.0. The summed E-state index contributed by atoms with van der Waals surface area (Å²) in [5.41, 5.74) is -0.516. The summed E-state index contributed by atoms with van der Waals surface area (Å²) in [6, 6.07) is 1.29. The molecule has 0 unspecified atom stereocenters. The van der Waals surface area contributed by atoms with E-state index in [1.54, 1.807) is 81.5 Å². The van der Waals surface area contributed by atoms with Crippen LogP contribution in [-0.2, 0) is 21.3 Å². The van der Waals surface area contributed by atoms with Crippen molar-refractivity contribution in [2.45, 2.75) is 97.6 Å². The number of aromatic hydroxyl groups is 1. The molecule has 0 bridgehead atoms. The number of aliphatic hydroxyl groups is 4. The maximum absolute atomic E-state index is 13.2. The van der Waals surface area contributed by atoms with E-state index >= 15 is 0 Å². The second-order valence-electron chi connectivity index (χ2n) is 14.7. The number of amides is 1. The number of rotatable bonds is 19. The summed E-state index contributed by atoms with van der Waals surface area (Å²) in [6.45, 7) is 12.7. The lowest BCUT2D eigenvalue weighted by Crippen LogP contribution is -2.60. The van der Waals surface area contributed by atoms with Crippen LogP contribution in [0.3, 0.4) is 0 Å². The van der Waals surface area contributed by atoms with Crippen LogP contribution in [0.5, 0.6) is 5.75 Å². The lowest BCUT2D eigenvalue weighted by atomic mass is 9.72. The number of aryl methyl sites for hydroxylation is 1. The van der Waals surface area contributed by atoms with Crippen molar-refractivity contribution < 1.29 is 44.6 Å². The molecule has 12 heteroatoms. The van der Waals surface area contributed by atoms with Crippen LogP contribution in [0.4, 0.5) is 0 Å². The number of carbonyl (C=O) groups is 2. The first kappa shape index (κ1) is 47.7. The quantitative estimate of drug-likeness (QED) is 0.0641. The Labute approximate surface area is 331 Å². The Hall–Kier alpha value is -4.43. The summed E-state index contributed by atoms with van der Waals surface area (Å²) in [4.78, 5) is 38.1. The minimum absolute atomic E-state index is 0.102.